The summed E-state index contributed by atoms with van der Waals surface area (Å²) in [5, 5.41) is 0.375. The molecule has 4 nitrogen and oxygen atoms in total. The van der Waals surface area contributed by atoms with Crippen LogP contribution in [0.2, 0.25) is 5.02 Å². The number of hydrogen-bond donors (Lipinski definition) is 0. The van der Waals surface area contributed by atoms with Crippen molar-refractivity contribution < 1.29 is 13.6 Å². The number of fused-ring (bicyclic) bond motifs is 1. The maximum atomic E-state index is 13.5. The molecule has 0 saturated heterocycles. The number of nitrogens with zero attached hydrogens (tertiary/aromatic N) is 3. The van der Waals surface area contributed by atoms with Crippen LogP contribution in [0.15, 0.2) is 60.8 Å². The lowest BCUT2D eigenvalue weighted by atomic mass is 10.2. The second-order valence-corrected chi connectivity index (χ2v) is 7.36. The molecule has 0 aliphatic carbocycles. The van der Waals surface area contributed by atoms with Gasteiger partial charge >= 0.3 is 0 Å². The van der Waals surface area contributed by atoms with Gasteiger partial charge in [0.25, 0.3) is 5.91 Å². The number of thiazole rings is 1. The predicted molar refractivity (Wildman–Crippen MR) is 106 cm³/mol. The highest BCUT2D eigenvalue weighted by Gasteiger charge is 2.24. The first kappa shape index (κ1) is 18.5. The van der Waals surface area contributed by atoms with E-state index in [9.17, 15) is 13.6 Å². The molecule has 140 valence electrons. The van der Waals surface area contributed by atoms with Gasteiger partial charge in [0.2, 0.25) is 0 Å². The second kappa shape index (κ2) is 7.61. The van der Waals surface area contributed by atoms with Crippen LogP contribution < -0.4 is 4.90 Å². The minimum atomic E-state index is -0.534. The minimum Gasteiger partial charge on any atom is -0.278 e. The van der Waals surface area contributed by atoms with E-state index in [2.05, 4.69) is 9.97 Å². The third kappa shape index (κ3) is 3.72. The van der Waals surface area contributed by atoms with E-state index >= 15 is 0 Å². The molecule has 0 fully saturated rings. The van der Waals surface area contributed by atoms with Crippen molar-refractivity contribution in [1.82, 2.24) is 9.97 Å². The van der Waals surface area contributed by atoms with E-state index in [4.69, 9.17) is 11.6 Å². The van der Waals surface area contributed by atoms with E-state index in [1.54, 1.807) is 24.4 Å². The Labute approximate surface area is 168 Å². The quantitative estimate of drug-likeness (QED) is 0.444. The van der Waals surface area contributed by atoms with Gasteiger partial charge in [0, 0.05) is 6.20 Å². The van der Waals surface area contributed by atoms with Crippen molar-refractivity contribution in [3.63, 3.8) is 0 Å². The first-order chi connectivity index (χ1) is 13.5. The smallest absolute Gasteiger partial charge is 0.261 e. The van der Waals surface area contributed by atoms with Gasteiger partial charge in [-0.2, -0.15) is 0 Å². The zero-order chi connectivity index (χ0) is 19.7. The van der Waals surface area contributed by atoms with Crippen LogP contribution in [0.1, 0.15) is 16.1 Å². The fraction of sp³-hybridized carbons (Fsp3) is 0.0500. The topological polar surface area (TPSA) is 46.1 Å². The van der Waals surface area contributed by atoms with Gasteiger partial charge in [-0.15, -0.1) is 0 Å². The predicted octanol–water partition coefficient (Wildman–Crippen LogP) is 5.47. The Morgan fingerprint density at radius 2 is 1.86 bits per heavy atom. The Hall–Kier alpha value is -2.90. The molecule has 0 atom stereocenters. The number of carbonyl (C=O) groups excluding carboxylic acids is 1. The molecular formula is C20H12ClF2N3OS. The van der Waals surface area contributed by atoms with E-state index in [1.165, 1.54) is 40.5 Å². The molecule has 0 unspecified atom stereocenters. The van der Waals surface area contributed by atoms with Crippen molar-refractivity contribution in [3.8, 4) is 0 Å². The van der Waals surface area contributed by atoms with Gasteiger partial charge in [-0.3, -0.25) is 14.7 Å². The Morgan fingerprint density at radius 1 is 1.07 bits per heavy atom. The summed E-state index contributed by atoms with van der Waals surface area (Å²) in [5.74, 6) is -1.37. The molecule has 0 aliphatic rings. The van der Waals surface area contributed by atoms with Gasteiger partial charge in [-0.25, -0.2) is 13.8 Å². The maximum absolute atomic E-state index is 13.5. The van der Waals surface area contributed by atoms with Crippen LogP contribution in [0.4, 0.5) is 13.9 Å². The molecule has 0 bridgehead atoms. The van der Waals surface area contributed by atoms with E-state index in [0.29, 0.717) is 21.0 Å². The largest absolute Gasteiger partial charge is 0.278 e. The second-order valence-electron chi connectivity index (χ2n) is 5.95. The van der Waals surface area contributed by atoms with Crippen LogP contribution in [0, 0.1) is 11.6 Å². The number of halogens is 3. The van der Waals surface area contributed by atoms with Crippen LogP contribution in [0.5, 0.6) is 0 Å². The van der Waals surface area contributed by atoms with Crippen molar-refractivity contribution in [3.05, 3.63) is 88.7 Å². The van der Waals surface area contributed by atoms with Crippen LogP contribution in [-0.4, -0.2) is 15.9 Å². The normalized spacial score (nSPS) is 11.0. The van der Waals surface area contributed by atoms with Gasteiger partial charge in [0.05, 0.1) is 33.0 Å². The summed E-state index contributed by atoms with van der Waals surface area (Å²) in [6, 6.07) is 13.2. The van der Waals surface area contributed by atoms with E-state index in [0.717, 1.165) is 6.07 Å². The minimum absolute atomic E-state index is 0.00294. The zero-order valence-corrected chi connectivity index (χ0v) is 15.8. The maximum Gasteiger partial charge on any atom is 0.261 e. The SMILES string of the molecule is O=C(c1ccc(F)cc1Cl)N(Cc1ccccn1)c1nc2ccc(F)cc2s1. The Balaban J connectivity index is 1.79. The van der Waals surface area contributed by atoms with Crippen molar-refractivity contribution in [2.24, 2.45) is 0 Å². The summed E-state index contributed by atoms with van der Waals surface area (Å²) in [6.45, 7) is 0.135. The van der Waals surface area contributed by atoms with Gasteiger partial charge in [0.1, 0.15) is 11.6 Å². The highest BCUT2D eigenvalue weighted by atomic mass is 35.5. The molecule has 1 amide bonds. The molecule has 4 rings (SSSR count). The average molecular weight is 416 g/mol. The number of anilines is 1. The molecule has 8 heteroatoms. The third-order valence-electron chi connectivity index (χ3n) is 4.02. The lowest BCUT2D eigenvalue weighted by Crippen LogP contribution is -2.31. The number of hydrogen-bond acceptors (Lipinski definition) is 4. The van der Waals surface area contributed by atoms with Crippen molar-refractivity contribution in [2.75, 3.05) is 4.90 Å². The zero-order valence-electron chi connectivity index (χ0n) is 14.3. The first-order valence-corrected chi connectivity index (χ1v) is 9.43. The molecule has 0 N–H and O–H groups in total. The summed E-state index contributed by atoms with van der Waals surface area (Å²) in [4.78, 5) is 23.3. The Morgan fingerprint density at radius 3 is 2.61 bits per heavy atom. The van der Waals surface area contributed by atoms with E-state index < -0.39 is 11.7 Å². The van der Waals surface area contributed by atoms with E-state index in [-0.39, 0.29) is 22.9 Å². The van der Waals surface area contributed by atoms with Gasteiger partial charge in [-0.05, 0) is 48.5 Å². The monoisotopic (exact) mass is 415 g/mol. The molecule has 0 saturated carbocycles. The number of aromatic nitrogens is 2. The highest BCUT2D eigenvalue weighted by molar-refractivity contribution is 7.22. The highest BCUT2D eigenvalue weighted by Crippen LogP contribution is 2.32. The number of rotatable bonds is 4. The molecule has 0 radical (unpaired) electrons. The standard InChI is InChI=1S/C20H12ClF2N3OS/c21-16-9-12(22)4-6-15(16)19(27)26(11-14-3-1-2-8-24-14)20-25-17-7-5-13(23)10-18(17)28-20/h1-10H,11H2. The molecule has 2 aromatic carbocycles. The molecule has 2 heterocycles. The fourth-order valence-corrected chi connectivity index (χ4v) is 3.93. The summed E-state index contributed by atoms with van der Waals surface area (Å²) in [7, 11) is 0. The molecule has 0 spiro atoms. The number of pyridine rings is 1. The van der Waals surface area contributed by atoms with Crippen molar-refractivity contribution in [2.45, 2.75) is 6.54 Å². The van der Waals surface area contributed by atoms with Crippen molar-refractivity contribution in [1.29, 1.82) is 0 Å². The van der Waals surface area contributed by atoms with Gasteiger partial charge < -0.3 is 0 Å². The fourth-order valence-electron chi connectivity index (χ4n) is 2.69. The average Bonchev–Trinajstić information content (AvgIpc) is 3.09. The lowest BCUT2D eigenvalue weighted by molar-refractivity contribution is 0.0985. The summed E-state index contributed by atoms with van der Waals surface area (Å²) in [6.07, 6.45) is 1.62. The van der Waals surface area contributed by atoms with Crippen LogP contribution in [0.3, 0.4) is 0 Å². The molecule has 2 aromatic heterocycles. The first-order valence-electron chi connectivity index (χ1n) is 8.24. The molecule has 4 aromatic rings. The molecular weight excluding hydrogens is 404 g/mol. The third-order valence-corrected chi connectivity index (χ3v) is 5.38. The van der Waals surface area contributed by atoms with Crippen LogP contribution in [0.25, 0.3) is 10.2 Å². The van der Waals surface area contributed by atoms with Crippen LogP contribution >= 0.6 is 22.9 Å². The van der Waals surface area contributed by atoms with Crippen molar-refractivity contribution >= 4 is 44.2 Å². The van der Waals surface area contributed by atoms with Gasteiger partial charge in [-0.1, -0.05) is 29.0 Å². The number of benzene rings is 2. The Bertz CT molecular complexity index is 1170. The summed E-state index contributed by atoms with van der Waals surface area (Å²) >= 11 is 7.27. The van der Waals surface area contributed by atoms with Crippen LogP contribution in [-0.2, 0) is 6.54 Å². The summed E-state index contributed by atoms with van der Waals surface area (Å²) < 4.78 is 27.5. The number of carbonyl (C=O) groups is 1. The Kier molecular flexibility index (Phi) is 5.02. The van der Waals surface area contributed by atoms with E-state index in [1.807, 2.05) is 6.07 Å². The lowest BCUT2D eigenvalue weighted by Gasteiger charge is -2.20. The molecule has 28 heavy (non-hydrogen) atoms. The molecule has 0 aliphatic heterocycles. The number of amides is 1. The summed E-state index contributed by atoms with van der Waals surface area (Å²) in [5.41, 5.74) is 1.36. The van der Waals surface area contributed by atoms with Gasteiger partial charge in [0.15, 0.2) is 5.13 Å².